The van der Waals surface area contributed by atoms with Crippen LogP contribution in [0, 0.1) is 6.92 Å². The zero-order valence-electron chi connectivity index (χ0n) is 15.1. The van der Waals surface area contributed by atoms with E-state index >= 15 is 0 Å². The first-order valence-electron chi connectivity index (χ1n) is 8.61. The number of aliphatic imine (C=N–C) groups is 1. The Labute approximate surface area is 175 Å². The monoisotopic (exact) mass is 484 g/mol. The summed E-state index contributed by atoms with van der Waals surface area (Å²) in [5.74, 6) is 1.83. The average molecular weight is 484 g/mol. The topological polar surface area (TPSA) is 78.0 Å². The van der Waals surface area contributed by atoms with Crippen molar-refractivity contribution in [3.8, 4) is 0 Å². The van der Waals surface area contributed by atoms with Crippen LogP contribution in [0.1, 0.15) is 22.6 Å². The van der Waals surface area contributed by atoms with Gasteiger partial charge in [0, 0.05) is 43.5 Å². The van der Waals surface area contributed by atoms with Crippen LogP contribution in [0.4, 0.5) is 0 Å². The molecule has 140 valence electrons. The quantitative estimate of drug-likeness (QED) is 0.273. The standard InChI is InChI=1S/C18H24N6S.HI/c1-3-19-18(21-11-9-17-22-12-13(2)25-17)20-10-8-16-23-14-6-4-5-7-15(14)24-16;/h4-7,12H,3,8-11H2,1-2H3,(H,23,24)(H2,19,20,21);1H. The van der Waals surface area contributed by atoms with Crippen molar-refractivity contribution in [1.82, 2.24) is 25.6 Å². The number of hydrogen-bond donors (Lipinski definition) is 3. The number of halogens is 1. The molecule has 0 radical (unpaired) electrons. The molecule has 3 aromatic rings. The van der Waals surface area contributed by atoms with Gasteiger partial charge in [0.15, 0.2) is 5.96 Å². The van der Waals surface area contributed by atoms with E-state index in [1.807, 2.05) is 30.5 Å². The van der Waals surface area contributed by atoms with E-state index < -0.39 is 0 Å². The molecule has 1 aromatic carbocycles. The molecule has 0 atom stereocenters. The second-order valence-electron chi connectivity index (χ2n) is 5.75. The Balaban J connectivity index is 0.00000243. The predicted molar refractivity (Wildman–Crippen MR) is 120 cm³/mol. The zero-order chi connectivity index (χ0) is 17.5. The Morgan fingerprint density at radius 3 is 2.81 bits per heavy atom. The van der Waals surface area contributed by atoms with E-state index in [1.165, 1.54) is 4.88 Å². The zero-order valence-corrected chi connectivity index (χ0v) is 18.2. The van der Waals surface area contributed by atoms with Crippen molar-refractivity contribution in [2.75, 3.05) is 19.6 Å². The van der Waals surface area contributed by atoms with Crippen LogP contribution in [-0.2, 0) is 12.8 Å². The molecule has 26 heavy (non-hydrogen) atoms. The number of thiazole rings is 1. The Morgan fingerprint density at radius 2 is 2.08 bits per heavy atom. The lowest BCUT2D eigenvalue weighted by Gasteiger charge is -2.10. The predicted octanol–water partition coefficient (Wildman–Crippen LogP) is 3.29. The molecule has 0 aliphatic heterocycles. The summed E-state index contributed by atoms with van der Waals surface area (Å²) >= 11 is 1.74. The van der Waals surface area contributed by atoms with Crippen molar-refractivity contribution in [3.05, 3.63) is 46.2 Å². The molecule has 3 N–H and O–H groups in total. The minimum Gasteiger partial charge on any atom is -0.357 e. The molecule has 2 heterocycles. The number of guanidine groups is 1. The third-order valence-corrected chi connectivity index (χ3v) is 4.67. The number of aryl methyl sites for hydroxylation is 1. The molecule has 0 aliphatic rings. The van der Waals surface area contributed by atoms with Gasteiger partial charge in [-0.2, -0.15) is 0 Å². The summed E-state index contributed by atoms with van der Waals surface area (Å²) in [7, 11) is 0. The van der Waals surface area contributed by atoms with Crippen molar-refractivity contribution >= 4 is 52.3 Å². The number of nitrogens with one attached hydrogen (secondary N) is 3. The average Bonchev–Trinajstić information content (AvgIpc) is 3.20. The number of fused-ring (bicyclic) bond motifs is 1. The first-order chi connectivity index (χ1) is 12.2. The van der Waals surface area contributed by atoms with Crippen molar-refractivity contribution in [1.29, 1.82) is 0 Å². The lowest BCUT2D eigenvalue weighted by Crippen LogP contribution is -2.38. The van der Waals surface area contributed by atoms with E-state index in [0.29, 0.717) is 0 Å². The number of hydrogen-bond acceptors (Lipinski definition) is 4. The summed E-state index contributed by atoms with van der Waals surface area (Å²) in [4.78, 5) is 18.2. The minimum absolute atomic E-state index is 0. The smallest absolute Gasteiger partial charge is 0.191 e. The van der Waals surface area contributed by atoms with Crippen molar-refractivity contribution in [2.45, 2.75) is 26.7 Å². The lowest BCUT2D eigenvalue weighted by molar-refractivity contribution is 0.778. The normalized spacial score (nSPS) is 11.4. The lowest BCUT2D eigenvalue weighted by atomic mass is 10.3. The fourth-order valence-electron chi connectivity index (χ4n) is 2.55. The number of imidazole rings is 1. The van der Waals surface area contributed by atoms with Gasteiger partial charge in [0.25, 0.3) is 0 Å². The van der Waals surface area contributed by atoms with E-state index in [9.17, 15) is 0 Å². The maximum atomic E-state index is 4.62. The third kappa shape index (κ3) is 5.94. The van der Waals surface area contributed by atoms with E-state index in [1.54, 1.807) is 11.3 Å². The van der Waals surface area contributed by atoms with Crippen molar-refractivity contribution in [3.63, 3.8) is 0 Å². The SMILES string of the molecule is CCNC(=NCCc1ncc(C)s1)NCCc1nc2ccccc2[nH]1.I. The van der Waals surface area contributed by atoms with Crippen LogP contribution in [0.15, 0.2) is 35.5 Å². The Bertz CT molecular complexity index is 808. The summed E-state index contributed by atoms with van der Waals surface area (Å²) in [6, 6.07) is 8.09. The van der Waals surface area contributed by atoms with Gasteiger partial charge in [-0.1, -0.05) is 12.1 Å². The Hall–Kier alpha value is -1.68. The summed E-state index contributed by atoms with van der Waals surface area (Å²) in [5.41, 5.74) is 2.09. The van der Waals surface area contributed by atoms with E-state index in [4.69, 9.17) is 0 Å². The number of aromatic amines is 1. The van der Waals surface area contributed by atoms with E-state index in [0.717, 1.165) is 60.3 Å². The molecule has 8 heteroatoms. The van der Waals surface area contributed by atoms with E-state index in [2.05, 4.69) is 44.4 Å². The van der Waals surface area contributed by atoms with Crippen LogP contribution < -0.4 is 10.6 Å². The van der Waals surface area contributed by atoms with Gasteiger partial charge in [-0.3, -0.25) is 4.99 Å². The molecular weight excluding hydrogens is 459 g/mol. The second-order valence-corrected chi connectivity index (χ2v) is 7.07. The van der Waals surface area contributed by atoms with Gasteiger partial charge in [0.2, 0.25) is 0 Å². The molecular formula is C18H25IN6S. The molecule has 0 spiro atoms. The first kappa shape index (κ1) is 20.6. The van der Waals surface area contributed by atoms with Crippen LogP contribution in [0.2, 0.25) is 0 Å². The summed E-state index contributed by atoms with van der Waals surface area (Å²) in [5, 5.41) is 7.78. The number of nitrogens with zero attached hydrogens (tertiary/aromatic N) is 3. The molecule has 0 saturated carbocycles. The highest BCUT2D eigenvalue weighted by Crippen LogP contribution is 2.11. The third-order valence-electron chi connectivity index (χ3n) is 3.70. The molecule has 0 bridgehead atoms. The minimum atomic E-state index is 0. The van der Waals surface area contributed by atoms with Crippen molar-refractivity contribution in [2.24, 2.45) is 4.99 Å². The number of rotatable bonds is 7. The van der Waals surface area contributed by atoms with Crippen molar-refractivity contribution < 1.29 is 0 Å². The van der Waals surface area contributed by atoms with E-state index in [-0.39, 0.29) is 24.0 Å². The Morgan fingerprint density at radius 1 is 1.23 bits per heavy atom. The number of aromatic nitrogens is 3. The number of benzene rings is 1. The van der Waals surface area contributed by atoms with Gasteiger partial charge >= 0.3 is 0 Å². The molecule has 0 unspecified atom stereocenters. The summed E-state index contributed by atoms with van der Waals surface area (Å²) < 4.78 is 0. The van der Waals surface area contributed by atoms with Gasteiger partial charge in [-0.05, 0) is 26.0 Å². The summed E-state index contributed by atoms with van der Waals surface area (Å²) in [6.45, 7) is 6.50. The highest BCUT2D eigenvalue weighted by Gasteiger charge is 2.03. The highest BCUT2D eigenvalue weighted by atomic mass is 127. The maximum Gasteiger partial charge on any atom is 0.191 e. The van der Waals surface area contributed by atoms with Crippen LogP contribution in [0.3, 0.4) is 0 Å². The van der Waals surface area contributed by atoms with Gasteiger partial charge in [-0.25, -0.2) is 9.97 Å². The highest BCUT2D eigenvalue weighted by molar-refractivity contribution is 14.0. The number of H-pyrrole nitrogens is 1. The first-order valence-corrected chi connectivity index (χ1v) is 9.43. The van der Waals surface area contributed by atoms with Gasteiger partial charge in [0.05, 0.1) is 16.0 Å². The molecule has 0 saturated heterocycles. The second kappa shape index (κ2) is 10.5. The van der Waals surface area contributed by atoms with Crippen LogP contribution in [0.5, 0.6) is 0 Å². The maximum absolute atomic E-state index is 4.62. The number of para-hydroxylation sites is 2. The molecule has 6 nitrogen and oxygen atoms in total. The van der Waals surface area contributed by atoms with Crippen LogP contribution in [-0.4, -0.2) is 40.5 Å². The largest absolute Gasteiger partial charge is 0.357 e. The fraction of sp³-hybridized carbons (Fsp3) is 0.389. The molecule has 3 rings (SSSR count). The Kier molecular flexibility index (Phi) is 8.30. The van der Waals surface area contributed by atoms with Gasteiger partial charge in [-0.15, -0.1) is 35.3 Å². The summed E-state index contributed by atoms with van der Waals surface area (Å²) in [6.07, 6.45) is 3.62. The van der Waals surface area contributed by atoms with Gasteiger partial charge < -0.3 is 15.6 Å². The molecule has 0 fully saturated rings. The van der Waals surface area contributed by atoms with Crippen LogP contribution in [0.25, 0.3) is 11.0 Å². The molecule has 0 amide bonds. The van der Waals surface area contributed by atoms with Crippen LogP contribution >= 0.6 is 35.3 Å². The fourth-order valence-corrected chi connectivity index (χ4v) is 3.32. The molecule has 0 aliphatic carbocycles. The molecule has 2 aromatic heterocycles. The van der Waals surface area contributed by atoms with Gasteiger partial charge in [0.1, 0.15) is 5.82 Å².